The van der Waals surface area contributed by atoms with Crippen LogP contribution < -0.4 is 5.32 Å². The topological polar surface area (TPSA) is 28.2 Å². The molecule has 3 heteroatoms. The van der Waals surface area contributed by atoms with Crippen molar-refractivity contribution < 1.29 is 0 Å². The third-order valence-corrected chi connectivity index (χ3v) is 4.47. The predicted molar refractivity (Wildman–Crippen MR) is 78.0 cm³/mol. The van der Waals surface area contributed by atoms with E-state index in [0.717, 1.165) is 5.92 Å². The summed E-state index contributed by atoms with van der Waals surface area (Å²) in [6, 6.07) is 7.38. The van der Waals surface area contributed by atoms with Gasteiger partial charge in [-0.25, -0.2) is 0 Å². The molecule has 1 aliphatic heterocycles. The van der Waals surface area contributed by atoms with Crippen LogP contribution in [0.3, 0.4) is 0 Å². The molecule has 2 aliphatic rings. The van der Waals surface area contributed by atoms with Crippen molar-refractivity contribution in [2.45, 2.75) is 44.7 Å². The summed E-state index contributed by atoms with van der Waals surface area (Å²) in [6.07, 6.45) is 7.41. The molecule has 2 fully saturated rings. The first-order chi connectivity index (χ1) is 9.33. The van der Waals surface area contributed by atoms with E-state index >= 15 is 0 Å². The average molecular weight is 259 g/mol. The maximum absolute atomic E-state index is 4.54. The monoisotopic (exact) mass is 259 g/mol. The van der Waals surface area contributed by atoms with Crippen LogP contribution in [0.5, 0.6) is 0 Å². The molecule has 3 rings (SSSR count). The third-order valence-electron chi connectivity index (χ3n) is 4.47. The van der Waals surface area contributed by atoms with Crippen LogP contribution in [0.15, 0.2) is 24.4 Å². The summed E-state index contributed by atoms with van der Waals surface area (Å²) >= 11 is 0. The first kappa shape index (κ1) is 13.1. The molecule has 1 N–H and O–H groups in total. The molecule has 0 radical (unpaired) electrons. The number of hydrogen-bond donors (Lipinski definition) is 1. The lowest BCUT2D eigenvalue weighted by molar-refractivity contribution is 0.181. The summed E-state index contributed by atoms with van der Waals surface area (Å²) in [4.78, 5) is 7.18. The summed E-state index contributed by atoms with van der Waals surface area (Å²) in [5, 5.41) is 3.62. The summed E-state index contributed by atoms with van der Waals surface area (Å²) < 4.78 is 0. The minimum absolute atomic E-state index is 0.434. The van der Waals surface area contributed by atoms with Gasteiger partial charge in [-0.15, -0.1) is 0 Å². The van der Waals surface area contributed by atoms with Crippen molar-refractivity contribution in [3.63, 3.8) is 0 Å². The number of aromatic nitrogens is 1. The van der Waals surface area contributed by atoms with Gasteiger partial charge in [0.2, 0.25) is 0 Å². The van der Waals surface area contributed by atoms with Crippen LogP contribution in [0.1, 0.15) is 44.3 Å². The average Bonchev–Trinajstić information content (AvgIpc) is 3.12. The second-order valence-corrected chi connectivity index (χ2v) is 6.12. The van der Waals surface area contributed by atoms with Gasteiger partial charge in [-0.2, -0.15) is 0 Å². The summed E-state index contributed by atoms with van der Waals surface area (Å²) in [6.45, 7) is 5.92. The van der Waals surface area contributed by atoms with Gasteiger partial charge in [0, 0.05) is 31.4 Å². The molecule has 0 aromatic carbocycles. The summed E-state index contributed by atoms with van der Waals surface area (Å²) in [5.41, 5.74) is 1.21. The summed E-state index contributed by atoms with van der Waals surface area (Å²) in [5.74, 6) is 0.938. The highest BCUT2D eigenvalue weighted by Gasteiger charge is 2.29. The molecule has 0 bridgehead atoms. The second kappa shape index (κ2) is 6.02. The molecule has 2 heterocycles. The normalized spacial score (nSPS) is 24.8. The van der Waals surface area contributed by atoms with Crippen molar-refractivity contribution >= 4 is 0 Å². The lowest BCUT2D eigenvalue weighted by Crippen LogP contribution is -2.40. The third kappa shape index (κ3) is 3.54. The lowest BCUT2D eigenvalue weighted by Gasteiger charge is -2.31. The quantitative estimate of drug-likeness (QED) is 0.851. The molecule has 1 saturated carbocycles. The Balaban J connectivity index is 1.66. The molecule has 2 atom stereocenters. The molecule has 19 heavy (non-hydrogen) atoms. The van der Waals surface area contributed by atoms with Gasteiger partial charge in [-0.3, -0.25) is 9.88 Å². The van der Waals surface area contributed by atoms with E-state index in [1.807, 2.05) is 12.3 Å². The van der Waals surface area contributed by atoms with E-state index < -0.39 is 0 Å². The Kier molecular flexibility index (Phi) is 4.14. The highest BCUT2D eigenvalue weighted by atomic mass is 15.2. The van der Waals surface area contributed by atoms with Gasteiger partial charge < -0.3 is 5.32 Å². The largest absolute Gasteiger partial charge is 0.313 e. The zero-order valence-electron chi connectivity index (χ0n) is 11.9. The fourth-order valence-electron chi connectivity index (χ4n) is 3.03. The van der Waals surface area contributed by atoms with Crippen LogP contribution in [-0.4, -0.2) is 35.6 Å². The molecule has 1 saturated heterocycles. The molecular weight excluding hydrogens is 234 g/mol. The van der Waals surface area contributed by atoms with Gasteiger partial charge in [0.05, 0.1) is 5.69 Å². The Morgan fingerprint density at radius 1 is 1.32 bits per heavy atom. The van der Waals surface area contributed by atoms with Crippen molar-refractivity contribution in [2.24, 2.45) is 5.92 Å². The zero-order chi connectivity index (χ0) is 13.1. The van der Waals surface area contributed by atoms with Gasteiger partial charge in [-0.1, -0.05) is 6.07 Å². The van der Waals surface area contributed by atoms with Gasteiger partial charge in [-0.05, 0) is 57.2 Å². The van der Waals surface area contributed by atoms with Crippen molar-refractivity contribution in [3.8, 4) is 0 Å². The van der Waals surface area contributed by atoms with Gasteiger partial charge >= 0.3 is 0 Å². The SMILES string of the molecule is CC(c1ccccn1)N(CC1CC1)CC1CCCN1. The molecule has 2 unspecified atom stereocenters. The standard InChI is InChI=1S/C16H25N3/c1-13(16-6-2-3-9-18-16)19(11-14-7-8-14)12-15-5-4-10-17-15/h2-3,6,9,13-15,17H,4-5,7-8,10-12H2,1H3. The van der Waals surface area contributed by atoms with Crippen molar-refractivity contribution in [1.82, 2.24) is 15.2 Å². The second-order valence-electron chi connectivity index (χ2n) is 6.12. The molecule has 1 aromatic rings. The molecule has 1 aliphatic carbocycles. The van der Waals surface area contributed by atoms with Crippen LogP contribution in [-0.2, 0) is 0 Å². The van der Waals surface area contributed by atoms with Crippen molar-refractivity contribution in [3.05, 3.63) is 30.1 Å². The number of rotatable bonds is 6. The highest BCUT2D eigenvalue weighted by Crippen LogP contribution is 2.32. The van der Waals surface area contributed by atoms with Crippen LogP contribution >= 0.6 is 0 Å². The van der Waals surface area contributed by atoms with Gasteiger partial charge in [0.1, 0.15) is 0 Å². The zero-order valence-corrected chi connectivity index (χ0v) is 11.9. The lowest BCUT2D eigenvalue weighted by atomic mass is 10.1. The first-order valence-corrected chi connectivity index (χ1v) is 7.71. The Labute approximate surface area is 116 Å². The van der Waals surface area contributed by atoms with E-state index in [1.54, 1.807) is 0 Å². The summed E-state index contributed by atoms with van der Waals surface area (Å²) in [7, 11) is 0. The van der Waals surface area contributed by atoms with Crippen molar-refractivity contribution in [1.29, 1.82) is 0 Å². The van der Waals surface area contributed by atoms with E-state index in [1.165, 1.54) is 51.0 Å². The molecule has 1 aromatic heterocycles. The predicted octanol–water partition coefficient (Wildman–Crippen LogP) is 2.61. The minimum Gasteiger partial charge on any atom is -0.313 e. The molecule has 3 nitrogen and oxygen atoms in total. The maximum Gasteiger partial charge on any atom is 0.0572 e. The molecular formula is C16H25N3. The van der Waals surface area contributed by atoms with E-state index in [-0.39, 0.29) is 0 Å². The van der Waals surface area contributed by atoms with E-state index in [9.17, 15) is 0 Å². The first-order valence-electron chi connectivity index (χ1n) is 7.71. The Morgan fingerprint density at radius 2 is 2.21 bits per heavy atom. The van der Waals surface area contributed by atoms with Gasteiger partial charge in [0.15, 0.2) is 0 Å². The molecule has 104 valence electrons. The van der Waals surface area contributed by atoms with Crippen molar-refractivity contribution in [2.75, 3.05) is 19.6 Å². The molecule has 0 spiro atoms. The van der Waals surface area contributed by atoms with Gasteiger partial charge in [0.25, 0.3) is 0 Å². The van der Waals surface area contributed by atoms with E-state index in [2.05, 4.69) is 34.3 Å². The van der Waals surface area contributed by atoms with Crippen LogP contribution in [0.25, 0.3) is 0 Å². The Hall–Kier alpha value is -0.930. The fourth-order valence-corrected chi connectivity index (χ4v) is 3.03. The van der Waals surface area contributed by atoms with Crippen LogP contribution in [0, 0.1) is 5.92 Å². The van der Waals surface area contributed by atoms with Crippen LogP contribution in [0.4, 0.5) is 0 Å². The smallest absolute Gasteiger partial charge is 0.0572 e. The fraction of sp³-hybridized carbons (Fsp3) is 0.688. The Bertz CT molecular complexity index is 382. The Morgan fingerprint density at radius 3 is 2.84 bits per heavy atom. The van der Waals surface area contributed by atoms with E-state index in [0.29, 0.717) is 12.1 Å². The maximum atomic E-state index is 4.54. The highest BCUT2D eigenvalue weighted by molar-refractivity contribution is 5.08. The number of nitrogens with one attached hydrogen (secondary N) is 1. The van der Waals surface area contributed by atoms with E-state index in [4.69, 9.17) is 0 Å². The van der Waals surface area contributed by atoms with Crippen LogP contribution in [0.2, 0.25) is 0 Å². The number of nitrogens with zero attached hydrogens (tertiary/aromatic N) is 2. The minimum atomic E-state index is 0.434. The molecule has 0 amide bonds. The number of pyridine rings is 1. The number of hydrogen-bond acceptors (Lipinski definition) is 3.